The lowest BCUT2D eigenvalue weighted by atomic mass is 9.80. The van der Waals surface area contributed by atoms with Crippen LogP contribution >= 0.6 is 0 Å². The minimum atomic E-state index is -10.8. The van der Waals surface area contributed by atoms with Crippen molar-refractivity contribution in [2.75, 3.05) is 0 Å². The van der Waals surface area contributed by atoms with E-state index in [1.807, 2.05) is 0 Å². The molecule has 1 unspecified atom stereocenters. The van der Waals surface area contributed by atoms with E-state index in [0.717, 1.165) is 0 Å². The number of esters is 1. The quantitative estimate of drug-likeness (QED) is 0.0650. The molecule has 0 aliphatic carbocycles. The second-order valence-electron chi connectivity index (χ2n) is 14.3. The minimum Gasteiger partial charge on any atom is -0.413 e. The Morgan fingerprint density at radius 3 is 0.526 bits per heavy atom. The highest BCUT2D eigenvalue weighted by atomic mass is 19.5. The first-order valence-corrected chi connectivity index (χ1v) is 16.1. The predicted molar refractivity (Wildman–Crippen MR) is 136 cm³/mol. The molecule has 0 heterocycles. The van der Waals surface area contributed by atoms with Gasteiger partial charge in [-0.15, -0.1) is 0 Å². The Hall–Kier alpha value is -4.08. The molecular weight excluding hydrogens is 1250 g/mol. The fraction of sp³-hybridized carbons (Fsp3) is 0.889. The summed E-state index contributed by atoms with van der Waals surface area (Å²) in [6.07, 6.45) is -26.8. The summed E-state index contributed by atoms with van der Waals surface area (Å²) in [5, 5.41) is 0. The summed E-state index contributed by atoms with van der Waals surface area (Å²) in [5.41, 5.74) is -12.5. The van der Waals surface area contributed by atoms with Crippen molar-refractivity contribution in [1.29, 1.82) is 0 Å². The highest BCUT2D eigenvalue weighted by molar-refractivity contribution is 5.87. The van der Waals surface area contributed by atoms with Crippen molar-refractivity contribution in [2.45, 2.75) is 144 Å². The molecule has 0 N–H and O–H groups in total. The summed E-state index contributed by atoms with van der Waals surface area (Å²) in [6, 6.07) is 0. The third kappa shape index (κ3) is 8.07. The van der Waals surface area contributed by atoms with Crippen LogP contribution in [-0.4, -0.2) is 143 Å². The predicted octanol–water partition coefficient (Wildman–Crippen LogP) is 15.6. The molecule has 0 fully saturated rings. The normalized spacial score (nSPS) is 17.7. The Morgan fingerprint density at radius 2 is 0.382 bits per heavy atom. The van der Waals surface area contributed by atoms with Gasteiger partial charge in [0.1, 0.15) is 0 Å². The molecule has 0 radical (unpaired) electrons. The summed E-state index contributed by atoms with van der Waals surface area (Å²) in [6.45, 7) is 0.987. The van der Waals surface area contributed by atoms with Crippen LogP contribution in [0.15, 0.2) is 12.2 Å². The molecule has 0 aliphatic rings. The molecule has 0 rings (SSSR count). The van der Waals surface area contributed by atoms with Crippen LogP contribution in [0.4, 0.5) is 206 Å². The van der Waals surface area contributed by atoms with E-state index in [2.05, 4.69) is 0 Å². The van der Waals surface area contributed by atoms with Crippen LogP contribution < -0.4 is 0 Å². The number of hydrogen-bond donors (Lipinski definition) is 0. The van der Waals surface area contributed by atoms with Crippen molar-refractivity contribution >= 4 is 5.97 Å². The van der Waals surface area contributed by atoms with Gasteiger partial charge in [-0.3, -0.25) is 0 Å². The van der Waals surface area contributed by atoms with Crippen LogP contribution in [-0.2, 0) is 9.53 Å². The zero-order chi connectivity index (χ0) is 63.4. The van der Waals surface area contributed by atoms with E-state index in [9.17, 15) is 207 Å². The van der Waals surface area contributed by atoms with E-state index in [0.29, 0.717) is 0 Å². The maximum Gasteiger partial charge on any atom is 0.460 e. The van der Waals surface area contributed by atoms with Gasteiger partial charge in [0.15, 0.2) is 0 Å². The Bertz CT molecular complexity index is 2140. The average molecular weight is 1250 g/mol. The lowest BCUT2D eigenvalue weighted by molar-refractivity contribution is -0.504. The minimum absolute atomic E-state index is 0.713. The fourth-order valence-corrected chi connectivity index (χ4v) is 4.62. The Labute approximate surface area is 379 Å². The van der Waals surface area contributed by atoms with Gasteiger partial charge in [-0.1, -0.05) is 6.58 Å². The third-order valence-corrected chi connectivity index (χ3v) is 9.27. The molecular formula is C27H5F47O2. The highest BCUT2D eigenvalue weighted by Crippen LogP contribution is 2.72. The first-order chi connectivity index (χ1) is 31.8. The Morgan fingerprint density at radius 1 is 0.237 bits per heavy atom. The molecule has 0 saturated heterocycles. The molecule has 1 atom stereocenters. The summed E-state index contributed by atoms with van der Waals surface area (Å²) in [5.74, 6) is -203. The first kappa shape index (κ1) is 71.9. The standard InChI is InChI=1S/C27H5F47O2/c1-3(2)4(75)76-24(65,21(59,60)18(53,54)15(47,48)12(41,42)9(35,36)8(33,34)7(31,32)6(29,30)5(28,25(66,67)68)26(69,70)71)22(61,62)19(55,56)16(49,50)13(43,44)10(37,38)11(39,40)14(45,46)17(51,52)20(57,58)23(63,64)27(72,73)74/h1H2,2H3. The van der Waals surface area contributed by atoms with Crippen molar-refractivity contribution < 1.29 is 216 Å². The van der Waals surface area contributed by atoms with Crippen LogP contribution in [0.25, 0.3) is 0 Å². The van der Waals surface area contributed by atoms with E-state index in [1.54, 1.807) is 6.58 Å². The molecule has 0 aromatic carbocycles. The molecule has 76 heavy (non-hydrogen) atoms. The molecule has 0 saturated carbocycles. The van der Waals surface area contributed by atoms with Crippen LogP contribution in [0.3, 0.4) is 0 Å². The van der Waals surface area contributed by atoms with Gasteiger partial charge >= 0.3 is 143 Å². The number of carbonyl (C=O) groups is 1. The van der Waals surface area contributed by atoms with Gasteiger partial charge < -0.3 is 4.74 Å². The van der Waals surface area contributed by atoms with Gasteiger partial charge in [-0.25, -0.2) is 9.18 Å². The number of hydrogen-bond acceptors (Lipinski definition) is 2. The molecule has 0 aromatic rings. The number of alkyl halides is 47. The molecule has 49 heteroatoms. The molecule has 0 aliphatic heterocycles. The third-order valence-electron chi connectivity index (χ3n) is 9.27. The van der Waals surface area contributed by atoms with Crippen molar-refractivity contribution in [3.8, 4) is 0 Å². The van der Waals surface area contributed by atoms with E-state index >= 15 is 4.39 Å². The molecule has 2 nitrogen and oxygen atoms in total. The van der Waals surface area contributed by atoms with E-state index < -0.39 is 155 Å². The van der Waals surface area contributed by atoms with Crippen LogP contribution in [0.2, 0.25) is 0 Å². The van der Waals surface area contributed by atoms with E-state index in [4.69, 9.17) is 0 Å². The summed E-state index contributed by atoms with van der Waals surface area (Å²) >= 11 is 0. The van der Waals surface area contributed by atoms with Crippen molar-refractivity contribution in [3.63, 3.8) is 0 Å². The zero-order valence-corrected chi connectivity index (χ0v) is 32.8. The highest BCUT2D eigenvalue weighted by Gasteiger charge is 3.05. The molecule has 0 bridgehead atoms. The summed E-state index contributed by atoms with van der Waals surface area (Å²) in [4.78, 5) is 11.5. The average Bonchev–Trinajstić information content (AvgIpc) is 3.17. The monoisotopic (exact) mass is 1250 g/mol. The summed E-state index contributed by atoms with van der Waals surface area (Å²) in [7, 11) is 0. The molecule has 0 aromatic heterocycles. The molecule has 0 amide bonds. The van der Waals surface area contributed by atoms with Gasteiger partial charge in [0, 0.05) is 5.57 Å². The topological polar surface area (TPSA) is 26.3 Å². The SMILES string of the molecule is C=C(C)C(=O)OC(F)(C(F)(F)C(F)(F)C(F)(F)C(F)(F)C(F)(F)C(F)(F)C(F)(F)C(F)(F)C(F)(F)C(F)(F)C(F)(F)F)C(F)(F)C(F)(F)C(F)(F)C(F)(F)C(F)(F)C(F)(F)C(F)(F)C(F)(F)C(F)(C(F)(F)F)C(F)(F)F. The smallest absolute Gasteiger partial charge is 0.413 e. The maximum atomic E-state index is 15.5. The second kappa shape index (κ2) is 17.5. The van der Waals surface area contributed by atoms with Crippen molar-refractivity contribution in [1.82, 2.24) is 0 Å². The number of carbonyl (C=O) groups excluding carboxylic acids is 1. The van der Waals surface area contributed by atoms with Gasteiger partial charge in [0.05, 0.1) is 0 Å². The molecule has 454 valence electrons. The zero-order valence-electron chi connectivity index (χ0n) is 32.8. The second-order valence-corrected chi connectivity index (χ2v) is 14.3. The number of halogens is 47. The van der Waals surface area contributed by atoms with E-state index in [1.165, 1.54) is 4.74 Å². The van der Waals surface area contributed by atoms with Crippen molar-refractivity contribution in [2.24, 2.45) is 0 Å². The first-order valence-electron chi connectivity index (χ1n) is 16.1. The van der Waals surface area contributed by atoms with Crippen LogP contribution in [0.5, 0.6) is 0 Å². The van der Waals surface area contributed by atoms with Gasteiger partial charge in [-0.05, 0) is 6.92 Å². The van der Waals surface area contributed by atoms with Crippen LogP contribution in [0, 0.1) is 0 Å². The number of rotatable bonds is 21. The fourth-order valence-electron chi connectivity index (χ4n) is 4.62. The van der Waals surface area contributed by atoms with Gasteiger partial charge in [0.25, 0.3) is 0 Å². The lowest BCUT2D eigenvalue weighted by Gasteiger charge is -2.49. The largest absolute Gasteiger partial charge is 0.460 e. The van der Waals surface area contributed by atoms with Crippen LogP contribution in [0.1, 0.15) is 6.92 Å². The summed E-state index contributed by atoms with van der Waals surface area (Å²) < 4.78 is 653. The van der Waals surface area contributed by atoms with E-state index in [-0.39, 0.29) is 0 Å². The van der Waals surface area contributed by atoms with Gasteiger partial charge in [-0.2, -0.15) is 202 Å². The lowest BCUT2D eigenvalue weighted by Crippen LogP contribution is -2.82. The Balaban J connectivity index is 8.79. The maximum absolute atomic E-state index is 15.5. The van der Waals surface area contributed by atoms with Gasteiger partial charge in [0.2, 0.25) is 0 Å². The molecule has 0 spiro atoms. The number of ether oxygens (including phenoxy) is 1. The van der Waals surface area contributed by atoms with Crippen molar-refractivity contribution in [3.05, 3.63) is 12.2 Å². The Kier molecular flexibility index (Phi) is 16.5.